The molecule has 132 valence electrons. The lowest BCUT2D eigenvalue weighted by atomic mass is 10.3. The molecular formula is C14H20ClF3IN3O. The molecule has 0 aliphatic rings. The van der Waals surface area contributed by atoms with Crippen LogP contribution in [-0.2, 0) is 0 Å². The predicted molar refractivity (Wildman–Crippen MR) is 97.0 cm³/mol. The van der Waals surface area contributed by atoms with E-state index in [9.17, 15) is 13.2 Å². The zero-order valence-corrected chi connectivity index (χ0v) is 15.9. The number of hydrogen-bond acceptors (Lipinski definition) is 2. The summed E-state index contributed by atoms with van der Waals surface area (Å²) < 4.78 is 41.9. The average Bonchev–Trinajstić information content (AvgIpc) is 2.42. The van der Waals surface area contributed by atoms with Gasteiger partial charge in [0.1, 0.15) is 12.4 Å². The molecular weight excluding hydrogens is 446 g/mol. The average molecular weight is 466 g/mol. The Balaban J connectivity index is 0.00000484. The third-order valence-electron chi connectivity index (χ3n) is 2.76. The van der Waals surface area contributed by atoms with Crippen LogP contribution in [-0.4, -0.2) is 50.8 Å². The number of likely N-dealkylation sites (N-methyl/N-ethyl adjacent to an activating group) is 1. The van der Waals surface area contributed by atoms with Crippen LogP contribution in [0.3, 0.4) is 0 Å². The van der Waals surface area contributed by atoms with Crippen molar-refractivity contribution in [3.8, 4) is 5.75 Å². The van der Waals surface area contributed by atoms with Gasteiger partial charge < -0.3 is 15.0 Å². The van der Waals surface area contributed by atoms with E-state index in [2.05, 4.69) is 10.3 Å². The first kappa shape index (κ1) is 22.1. The number of benzene rings is 1. The van der Waals surface area contributed by atoms with Crippen molar-refractivity contribution in [1.29, 1.82) is 0 Å². The number of ether oxygens (including phenoxy) is 1. The van der Waals surface area contributed by atoms with Crippen molar-refractivity contribution < 1.29 is 17.9 Å². The number of nitrogens with zero attached hydrogens (tertiary/aromatic N) is 2. The maximum absolute atomic E-state index is 12.1. The van der Waals surface area contributed by atoms with Crippen LogP contribution >= 0.6 is 35.6 Å². The third kappa shape index (κ3) is 9.75. The second-order valence-corrected chi connectivity index (χ2v) is 5.00. The molecule has 0 saturated heterocycles. The number of rotatable bonds is 6. The van der Waals surface area contributed by atoms with Gasteiger partial charge in [0.25, 0.3) is 0 Å². The fraction of sp³-hybridized carbons (Fsp3) is 0.500. The Morgan fingerprint density at radius 1 is 1.39 bits per heavy atom. The van der Waals surface area contributed by atoms with Gasteiger partial charge in [-0.25, -0.2) is 0 Å². The van der Waals surface area contributed by atoms with Crippen molar-refractivity contribution in [1.82, 2.24) is 10.2 Å². The largest absolute Gasteiger partial charge is 0.492 e. The van der Waals surface area contributed by atoms with E-state index >= 15 is 0 Å². The molecule has 0 saturated carbocycles. The Morgan fingerprint density at radius 3 is 2.65 bits per heavy atom. The lowest BCUT2D eigenvalue weighted by Gasteiger charge is -2.22. The summed E-state index contributed by atoms with van der Waals surface area (Å²) in [6.45, 7) is 0.616. The summed E-state index contributed by atoms with van der Waals surface area (Å²) in [6.07, 6.45) is -5.08. The summed E-state index contributed by atoms with van der Waals surface area (Å²) in [7, 11) is 3.24. The van der Waals surface area contributed by atoms with E-state index in [0.29, 0.717) is 29.9 Å². The number of guanidine groups is 1. The minimum atomic E-state index is -4.18. The molecule has 0 aliphatic carbocycles. The van der Waals surface area contributed by atoms with Crippen molar-refractivity contribution in [3.05, 3.63) is 29.3 Å². The standard InChI is InChI=1S/C14H19ClF3N3O.HI/c1-19-13(20-7-6-14(16,17)18)21(2)8-9-22-12-5-3-4-11(15)10-12;/h3-5,10H,6-9H2,1-2H3,(H,19,20);1H. The van der Waals surface area contributed by atoms with Crippen LogP contribution in [0.2, 0.25) is 5.02 Å². The highest BCUT2D eigenvalue weighted by molar-refractivity contribution is 14.0. The summed E-state index contributed by atoms with van der Waals surface area (Å²) >= 11 is 5.84. The summed E-state index contributed by atoms with van der Waals surface area (Å²) in [4.78, 5) is 5.63. The Bertz CT molecular complexity index is 500. The first-order chi connectivity index (χ1) is 10.3. The molecule has 0 heterocycles. The highest BCUT2D eigenvalue weighted by atomic mass is 127. The zero-order chi connectivity index (χ0) is 16.6. The predicted octanol–water partition coefficient (Wildman–Crippen LogP) is 3.80. The van der Waals surface area contributed by atoms with Crippen LogP contribution in [0.4, 0.5) is 13.2 Å². The number of alkyl halides is 3. The topological polar surface area (TPSA) is 36.9 Å². The van der Waals surface area contributed by atoms with Gasteiger partial charge in [0.15, 0.2) is 5.96 Å². The van der Waals surface area contributed by atoms with Crippen LogP contribution < -0.4 is 10.1 Å². The van der Waals surface area contributed by atoms with Gasteiger partial charge in [0.2, 0.25) is 0 Å². The summed E-state index contributed by atoms with van der Waals surface area (Å²) in [6, 6.07) is 6.99. The first-order valence-electron chi connectivity index (χ1n) is 6.69. The van der Waals surface area contributed by atoms with Gasteiger partial charge in [-0.2, -0.15) is 13.2 Å². The molecule has 0 radical (unpaired) electrons. The van der Waals surface area contributed by atoms with Crippen molar-refractivity contribution >= 4 is 41.5 Å². The van der Waals surface area contributed by atoms with Crippen LogP contribution in [0.15, 0.2) is 29.3 Å². The molecule has 1 rings (SSSR count). The Hall–Kier alpha value is -0.900. The van der Waals surface area contributed by atoms with Crippen LogP contribution in [0.1, 0.15) is 6.42 Å². The molecule has 0 fully saturated rings. The minimum Gasteiger partial charge on any atom is -0.492 e. The number of halogens is 5. The highest BCUT2D eigenvalue weighted by Gasteiger charge is 2.26. The number of aliphatic imine (C=N–C) groups is 1. The third-order valence-corrected chi connectivity index (χ3v) is 2.99. The molecule has 9 heteroatoms. The minimum absolute atomic E-state index is 0. The van der Waals surface area contributed by atoms with Crippen molar-refractivity contribution in [2.24, 2.45) is 4.99 Å². The van der Waals surface area contributed by atoms with Crippen LogP contribution in [0.5, 0.6) is 5.75 Å². The molecule has 0 aromatic heterocycles. The Kier molecular flexibility index (Phi) is 10.4. The second-order valence-electron chi connectivity index (χ2n) is 4.57. The molecule has 0 atom stereocenters. The highest BCUT2D eigenvalue weighted by Crippen LogP contribution is 2.18. The van der Waals surface area contributed by atoms with E-state index in [0.717, 1.165) is 0 Å². The molecule has 4 nitrogen and oxygen atoms in total. The summed E-state index contributed by atoms with van der Waals surface area (Å²) in [5, 5.41) is 3.24. The van der Waals surface area contributed by atoms with Crippen molar-refractivity contribution in [2.45, 2.75) is 12.6 Å². The first-order valence-corrected chi connectivity index (χ1v) is 7.06. The van der Waals surface area contributed by atoms with Gasteiger partial charge in [-0.1, -0.05) is 17.7 Å². The van der Waals surface area contributed by atoms with Gasteiger partial charge in [-0.15, -0.1) is 24.0 Å². The Morgan fingerprint density at radius 2 is 2.09 bits per heavy atom. The SMILES string of the molecule is CN=C(NCCC(F)(F)F)N(C)CCOc1cccc(Cl)c1.I. The smallest absolute Gasteiger partial charge is 0.390 e. The molecule has 1 N–H and O–H groups in total. The van der Waals surface area contributed by atoms with E-state index in [4.69, 9.17) is 16.3 Å². The maximum Gasteiger partial charge on any atom is 0.390 e. The normalized spacial score (nSPS) is 11.7. The monoisotopic (exact) mass is 465 g/mol. The number of hydrogen-bond donors (Lipinski definition) is 1. The van der Waals surface area contributed by atoms with Crippen molar-refractivity contribution in [2.75, 3.05) is 33.8 Å². The molecule has 0 aliphatic heterocycles. The van der Waals surface area contributed by atoms with E-state index in [1.807, 2.05) is 0 Å². The molecule has 0 unspecified atom stereocenters. The van der Waals surface area contributed by atoms with Gasteiger partial charge in [-0.05, 0) is 18.2 Å². The zero-order valence-electron chi connectivity index (χ0n) is 12.9. The fourth-order valence-corrected chi connectivity index (χ4v) is 1.84. The van der Waals surface area contributed by atoms with Crippen molar-refractivity contribution in [3.63, 3.8) is 0 Å². The molecule has 1 aromatic rings. The fourth-order valence-electron chi connectivity index (χ4n) is 1.66. The number of nitrogens with one attached hydrogen (secondary N) is 1. The molecule has 23 heavy (non-hydrogen) atoms. The molecule has 0 spiro atoms. The van der Waals surface area contributed by atoms with Crippen LogP contribution in [0.25, 0.3) is 0 Å². The second kappa shape index (κ2) is 10.8. The van der Waals surface area contributed by atoms with Gasteiger partial charge in [0, 0.05) is 25.7 Å². The van der Waals surface area contributed by atoms with E-state index in [1.54, 1.807) is 36.2 Å². The van der Waals surface area contributed by atoms with E-state index < -0.39 is 12.6 Å². The van der Waals surface area contributed by atoms with Crippen LogP contribution in [0, 0.1) is 0 Å². The summed E-state index contributed by atoms with van der Waals surface area (Å²) in [5.41, 5.74) is 0. The van der Waals surface area contributed by atoms with Gasteiger partial charge in [0.05, 0.1) is 13.0 Å². The summed E-state index contributed by atoms with van der Waals surface area (Å²) in [5.74, 6) is 1.03. The molecule has 1 aromatic carbocycles. The lowest BCUT2D eigenvalue weighted by Crippen LogP contribution is -2.42. The van der Waals surface area contributed by atoms with Gasteiger partial charge >= 0.3 is 6.18 Å². The quantitative estimate of drug-likeness (QED) is 0.395. The molecule has 0 amide bonds. The lowest BCUT2D eigenvalue weighted by molar-refractivity contribution is -0.132. The van der Waals surface area contributed by atoms with E-state index in [1.165, 1.54) is 7.05 Å². The molecule has 0 bridgehead atoms. The van der Waals surface area contributed by atoms with E-state index in [-0.39, 0.29) is 30.5 Å². The van der Waals surface area contributed by atoms with Gasteiger partial charge in [-0.3, -0.25) is 4.99 Å². The Labute approximate surface area is 156 Å². The maximum atomic E-state index is 12.1.